The summed E-state index contributed by atoms with van der Waals surface area (Å²) in [5.41, 5.74) is 3.93. The Morgan fingerprint density at radius 1 is 1.92 bits per heavy atom. The molecule has 0 aliphatic heterocycles. The zero-order chi connectivity index (χ0) is 10.1. The SMILES string of the molecule is CC(O)(CN)c1cn[nH]c1[N+](=O)[O-]. The summed E-state index contributed by atoms with van der Waals surface area (Å²) in [6, 6.07) is 0. The molecule has 0 saturated heterocycles. The van der Waals surface area contributed by atoms with Crippen LogP contribution in [0.1, 0.15) is 12.5 Å². The number of hydrogen-bond acceptors (Lipinski definition) is 5. The summed E-state index contributed by atoms with van der Waals surface area (Å²) < 4.78 is 0. The monoisotopic (exact) mass is 186 g/mol. The number of nitrogens with one attached hydrogen (secondary N) is 1. The molecule has 0 aromatic carbocycles. The van der Waals surface area contributed by atoms with E-state index >= 15 is 0 Å². The maximum Gasteiger partial charge on any atom is 0.348 e. The van der Waals surface area contributed by atoms with Crippen molar-refractivity contribution in [2.45, 2.75) is 12.5 Å². The van der Waals surface area contributed by atoms with Gasteiger partial charge in [0.25, 0.3) is 0 Å². The number of nitro groups is 1. The Hall–Kier alpha value is -1.47. The van der Waals surface area contributed by atoms with E-state index in [9.17, 15) is 15.2 Å². The molecule has 1 aromatic heterocycles. The quantitative estimate of drug-likeness (QED) is 0.433. The van der Waals surface area contributed by atoms with Crippen LogP contribution in [0.5, 0.6) is 0 Å². The van der Waals surface area contributed by atoms with E-state index in [2.05, 4.69) is 10.2 Å². The lowest BCUT2D eigenvalue weighted by atomic mass is 9.99. The van der Waals surface area contributed by atoms with E-state index in [1.807, 2.05) is 0 Å². The van der Waals surface area contributed by atoms with Crippen molar-refractivity contribution in [1.29, 1.82) is 0 Å². The average Bonchev–Trinajstić information content (AvgIpc) is 2.52. The number of aromatic amines is 1. The smallest absolute Gasteiger partial charge is 0.348 e. The summed E-state index contributed by atoms with van der Waals surface area (Å²) in [6.45, 7) is 1.29. The molecule has 7 heteroatoms. The summed E-state index contributed by atoms with van der Waals surface area (Å²) in [5, 5.41) is 25.7. The van der Waals surface area contributed by atoms with Gasteiger partial charge in [-0.1, -0.05) is 5.10 Å². The van der Waals surface area contributed by atoms with Crippen LogP contribution in [0.2, 0.25) is 0 Å². The number of aromatic nitrogens is 2. The number of hydrogen-bond donors (Lipinski definition) is 3. The minimum Gasteiger partial charge on any atom is -0.384 e. The van der Waals surface area contributed by atoms with Crippen LogP contribution in [0.15, 0.2) is 6.20 Å². The topological polar surface area (TPSA) is 118 Å². The first kappa shape index (κ1) is 9.62. The molecule has 0 radical (unpaired) electrons. The molecule has 0 amide bonds. The van der Waals surface area contributed by atoms with Crippen LogP contribution in [0.25, 0.3) is 0 Å². The van der Waals surface area contributed by atoms with Gasteiger partial charge in [-0.25, -0.2) is 0 Å². The third kappa shape index (κ3) is 1.65. The van der Waals surface area contributed by atoms with Crippen molar-refractivity contribution in [3.63, 3.8) is 0 Å². The van der Waals surface area contributed by atoms with Crippen molar-refractivity contribution in [3.8, 4) is 0 Å². The molecule has 7 nitrogen and oxygen atoms in total. The van der Waals surface area contributed by atoms with E-state index in [1.165, 1.54) is 13.1 Å². The molecule has 4 N–H and O–H groups in total. The number of nitrogens with two attached hydrogens (primary N) is 1. The van der Waals surface area contributed by atoms with Crippen LogP contribution in [0, 0.1) is 10.1 Å². The lowest BCUT2D eigenvalue weighted by Crippen LogP contribution is -2.31. The van der Waals surface area contributed by atoms with Crippen LogP contribution in [0.3, 0.4) is 0 Å². The summed E-state index contributed by atoms with van der Waals surface area (Å²) in [6.07, 6.45) is 1.20. The molecule has 1 unspecified atom stereocenters. The van der Waals surface area contributed by atoms with Crippen molar-refractivity contribution in [3.05, 3.63) is 21.9 Å². The molecule has 0 aliphatic rings. The number of rotatable bonds is 3. The molecule has 1 rings (SSSR count). The summed E-state index contributed by atoms with van der Waals surface area (Å²) in [7, 11) is 0. The lowest BCUT2D eigenvalue weighted by molar-refractivity contribution is -0.391. The predicted molar refractivity (Wildman–Crippen MR) is 43.9 cm³/mol. The first-order chi connectivity index (χ1) is 5.99. The van der Waals surface area contributed by atoms with E-state index in [-0.39, 0.29) is 17.9 Å². The van der Waals surface area contributed by atoms with Gasteiger partial charge in [0.1, 0.15) is 11.2 Å². The van der Waals surface area contributed by atoms with Gasteiger partial charge in [0.2, 0.25) is 0 Å². The van der Waals surface area contributed by atoms with E-state index in [1.54, 1.807) is 0 Å². The largest absolute Gasteiger partial charge is 0.384 e. The first-order valence-electron chi connectivity index (χ1n) is 3.59. The molecular weight excluding hydrogens is 176 g/mol. The highest BCUT2D eigenvalue weighted by Gasteiger charge is 2.31. The molecule has 0 saturated carbocycles. The highest BCUT2D eigenvalue weighted by atomic mass is 16.6. The van der Waals surface area contributed by atoms with Crippen LogP contribution < -0.4 is 5.73 Å². The Kier molecular flexibility index (Phi) is 2.30. The van der Waals surface area contributed by atoms with Gasteiger partial charge in [0.15, 0.2) is 0 Å². The molecule has 0 aliphatic carbocycles. The van der Waals surface area contributed by atoms with Crippen LogP contribution >= 0.6 is 0 Å². The van der Waals surface area contributed by atoms with E-state index in [0.29, 0.717) is 0 Å². The van der Waals surface area contributed by atoms with Gasteiger partial charge in [-0.3, -0.25) is 0 Å². The van der Waals surface area contributed by atoms with Crippen molar-refractivity contribution in [2.24, 2.45) is 5.73 Å². The normalized spacial score (nSPS) is 15.3. The van der Waals surface area contributed by atoms with E-state index in [4.69, 9.17) is 5.73 Å². The second-order valence-corrected chi connectivity index (χ2v) is 2.87. The van der Waals surface area contributed by atoms with Crippen LogP contribution in [0.4, 0.5) is 5.82 Å². The van der Waals surface area contributed by atoms with Gasteiger partial charge in [-0.05, 0) is 11.8 Å². The second kappa shape index (κ2) is 3.11. The second-order valence-electron chi connectivity index (χ2n) is 2.87. The van der Waals surface area contributed by atoms with Crippen molar-refractivity contribution < 1.29 is 10.0 Å². The molecule has 0 fully saturated rings. The van der Waals surface area contributed by atoms with Gasteiger partial charge in [-0.2, -0.15) is 0 Å². The zero-order valence-corrected chi connectivity index (χ0v) is 7.02. The zero-order valence-electron chi connectivity index (χ0n) is 7.02. The van der Waals surface area contributed by atoms with Gasteiger partial charge in [0.05, 0.1) is 6.20 Å². The Balaban J connectivity index is 3.14. The number of aliphatic hydroxyl groups is 1. The standard InChI is InChI=1S/C6H10N4O3/c1-6(11,3-7)4-2-8-9-5(4)10(12)13/h2,11H,3,7H2,1H3,(H,8,9). The Labute approximate surface area is 73.7 Å². The fourth-order valence-corrected chi connectivity index (χ4v) is 0.923. The minimum absolute atomic E-state index is 0.0972. The molecular formula is C6H10N4O3. The third-order valence-electron chi connectivity index (χ3n) is 1.78. The Bertz CT molecular complexity index is 319. The molecule has 72 valence electrons. The van der Waals surface area contributed by atoms with Gasteiger partial charge in [0, 0.05) is 6.54 Å². The summed E-state index contributed by atoms with van der Waals surface area (Å²) in [5.74, 6) is -0.324. The first-order valence-corrected chi connectivity index (χ1v) is 3.59. The summed E-state index contributed by atoms with van der Waals surface area (Å²) in [4.78, 5) is 9.78. The van der Waals surface area contributed by atoms with Gasteiger partial charge >= 0.3 is 5.82 Å². The molecule has 13 heavy (non-hydrogen) atoms. The van der Waals surface area contributed by atoms with Crippen molar-refractivity contribution in [2.75, 3.05) is 6.54 Å². The van der Waals surface area contributed by atoms with Crippen LogP contribution in [-0.4, -0.2) is 26.8 Å². The maximum atomic E-state index is 10.4. The Morgan fingerprint density at radius 3 is 3.00 bits per heavy atom. The molecule has 1 atom stereocenters. The molecule has 0 spiro atoms. The van der Waals surface area contributed by atoms with Crippen molar-refractivity contribution in [1.82, 2.24) is 10.2 Å². The summed E-state index contributed by atoms with van der Waals surface area (Å²) >= 11 is 0. The fraction of sp³-hybridized carbons (Fsp3) is 0.500. The number of H-pyrrole nitrogens is 1. The fourth-order valence-electron chi connectivity index (χ4n) is 0.923. The predicted octanol–water partition coefficient (Wildman–Crippen LogP) is -0.516. The third-order valence-corrected chi connectivity index (χ3v) is 1.78. The molecule has 1 aromatic rings. The average molecular weight is 186 g/mol. The Morgan fingerprint density at radius 2 is 2.54 bits per heavy atom. The highest BCUT2D eigenvalue weighted by molar-refractivity contribution is 5.34. The van der Waals surface area contributed by atoms with E-state index in [0.717, 1.165) is 0 Å². The maximum absolute atomic E-state index is 10.4. The van der Waals surface area contributed by atoms with Gasteiger partial charge < -0.3 is 21.0 Å². The highest BCUT2D eigenvalue weighted by Crippen LogP contribution is 2.26. The van der Waals surface area contributed by atoms with Crippen LogP contribution in [-0.2, 0) is 5.60 Å². The van der Waals surface area contributed by atoms with E-state index < -0.39 is 10.5 Å². The minimum atomic E-state index is -1.42. The number of nitrogens with zero attached hydrogens (tertiary/aromatic N) is 2. The lowest BCUT2D eigenvalue weighted by Gasteiger charge is -2.18. The van der Waals surface area contributed by atoms with Gasteiger partial charge in [-0.15, -0.1) is 5.10 Å². The van der Waals surface area contributed by atoms with Crippen molar-refractivity contribution >= 4 is 5.82 Å². The molecule has 1 heterocycles. The molecule has 0 bridgehead atoms.